The number of fused-ring (bicyclic) bond motifs is 3. The summed E-state index contributed by atoms with van der Waals surface area (Å²) in [5, 5.41) is 1.92. The first kappa shape index (κ1) is 19.5. The minimum Gasteiger partial charge on any atom is -0.236 e. The van der Waals surface area contributed by atoms with E-state index in [1.54, 1.807) is 36.4 Å². The lowest BCUT2D eigenvalue weighted by atomic mass is 10.1. The van der Waals surface area contributed by atoms with Crippen LogP contribution in [-0.4, -0.2) is 17.4 Å². The highest BCUT2D eigenvalue weighted by molar-refractivity contribution is 7.90. The maximum atomic E-state index is 13.5. The molecule has 0 saturated carbocycles. The molecule has 2 aromatic heterocycles. The maximum absolute atomic E-state index is 13.5. The summed E-state index contributed by atoms with van der Waals surface area (Å²) in [6, 6.07) is 25.8. The molecule has 3 aromatic carbocycles. The Hall–Kier alpha value is -3.41. The summed E-state index contributed by atoms with van der Waals surface area (Å²) in [6.45, 7) is 0. The molecule has 4 nitrogen and oxygen atoms in total. The van der Waals surface area contributed by atoms with Gasteiger partial charge in [0, 0.05) is 17.0 Å². The second kappa shape index (κ2) is 7.69. The summed E-state index contributed by atoms with van der Waals surface area (Å²) in [5.41, 5.74) is 2.95. The molecule has 0 radical (unpaired) electrons. The van der Waals surface area contributed by atoms with Crippen LogP contribution in [0.4, 0.5) is 0 Å². The van der Waals surface area contributed by atoms with Crippen LogP contribution in [0, 0.1) is 0 Å². The molecule has 0 amide bonds. The number of nitrogens with zero attached hydrogens (tertiary/aromatic N) is 2. The van der Waals surface area contributed by atoms with Crippen molar-refractivity contribution in [2.45, 2.75) is 4.90 Å². The van der Waals surface area contributed by atoms with Crippen molar-refractivity contribution in [3.63, 3.8) is 0 Å². The normalized spacial score (nSPS) is 12.2. The van der Waals surface area contributed by atoms with Gasteiger partial charge >= 0.3 is 0 Å². The van der Waals surface area contributed by atoms with E-state index in [2.05, 4.69) is 4.98 Å². The molecule has 0 aliphatic heterocycles. The first-order valence-corrected chi connectivity index (χ1v) is 11.5. The maximum Gasteiger partial charge on any atom is 0.269 e. The molecule has 152 valence electrons. The molecule has 0 saturated heterocycles. The smallest absolute Gasteiger partial charge is 0.236 e. The van der Waals surface area contributed by atoms with Crippen LogP contribution in [0.2, 0.25) is 5.02 Å². The molecular weight excluding hydrogens is 428 g/mol. The van der Waals surface area contributed by atoms with Crippen molar-refractivity contribution in [3.8, 4) is 0 Å². The predicted molar refractivity (Wildman–Crippen MR) is 127 cm³/mol. The lowest BCUT2D eigenvalue weighted by Crippen LogP contribution is -2.13. The largest absolute Gasteiger partial charge is 0.269 e. The highest BCUT2D eigenvalue weighted by atomic mass is 35.5. The third kappa shape index (κ3) is 3.52. The second-order valence-electron chi connectivity index (χ2n) is 7.13. The molecule has 6 heteroatoms. The number of aromatic nitrogens is 2. The summed E-state index contributed by atoms with van der Waals surface area (Å²) >= 11 is 6.21. The Kier molecular flexibility index (Phi) is 4.85. The van der Waals surface area contributed by atoms with Gasteiger partial charge in [0.2, 0.25) is 0 Å². The zero-order valence-corrected chi connectivity index (χ0v) is 17.9. The number of halogens is 1. The van der Waals surface area contributed by atoms with E-state index in [0.29, 0.717) is 21.6 Å². The van der Waals surface area contributed by atoms with Crippen LogP contribution in [0.5, 0.6) is 0 Å². The molecule has 0 unspecified atom stereocenters. The fourth-order valence-electron chi connectivity index (χ4n) is 3.65. The summed E-state index contributed by atoms with van der Waals surface area (Å²) in [6.07, 6.45) is 5.49. The lowest BCUT2D eigenvalue weighted by molar-refractivity contribution is 0.590. The molecule has 0 bridgehead atoms. The predicted octanol–water partition coefficient (Wildman–Crippen LogP) is 6.25. The van der Waals surface area contributed by atoms with Gasteiger partial charge in [-0.2, -0.15) is 0 Å². The molecular formula is C25H17ClN2O2S. The van der Waals surface area contributed by atoms with Crippen LogP contribution in [0.25, 0.3) is 34.1 Å². The van der Waals surface area contributed by atoms with Crippen LogP contribution in [0.3, 0.4) is 0 Å². The Balaban J connectivity index is 1.74. The minimum absolute atomic E-state index is 0.207. The zero-order valence-electron chi connectivity index (χ0n) is 16.3. The van der Waals surface area contributed by atoms with E-state index in [0.717, 1.165) is 16.5 Å². The van der Waals surface area contributed by atoms with E-state index < -0.39 is 10.0 Å². The Morgan fingerprint density at radius 1 is 0.774 bits per heavy atom. The monoisotopic (exact) mass is 444 g/mol. The molecule has 5 rings (SSSR count). The van der Waals surface area contributed by atoms with E-state index >= 15 is 0 Å². The first-order valence-electron chi connectivity index (χ1n) is 9.67. The number of hydrogen-bond acceptors (Lipinski definition) is 3. The Bertz CT molecular complexity index is 1540. The fourth-order valence-corrected chi connectivity index (χ4v) is 5.32. The number of hydrogen-bond donors (Lipinski definition) is 0. The van der Waals surface area contributed by atoms with E-state index in [1.165, 1.54) is 10.2 Å². The van der Waals surface area contributed by atoms with Crippen LogP contribution in [0.1, 0.15) is 11.1 Å². The average Bonchev–Trinajstić information content (AvgIpc) is 3.12. The molecule has 0 aliphatic carbocycles. The summed E-state index contributed by atoms with van der Waals surface area (Å²) < 4.78 is 28.3. The lowest BCUT2D eigenvalue weighted by Gasteiger charge is -2.08. The number of benzene rings is 3. The van der Waals surface area contributed by atoms with Crippen molar-refractivity contribution in [2.24, 2.45) is 0 Å². The Morgan fingerprint density at radius 2 is 1.45 bits per heavy atom. The molecule has 5 aromatic rings. The van der Waals surface area contributed by atoms with Gasteiger partial charge in [0.25, 0.3) is 10.0 Å². The van der Waals surface area contributed by atoms with E-state index in [1.807, 2.05) is 60.7 Å². The molecule has 0 spiro atoms. The van der Waals surface area contributed by atoms with E-state index in [4.69, 9.17) is 11.6 Å². The number of pyridine rings is 1. The van der Waals surface area contributed by atoms with E-state index in [-0.39, 0.29) is 4.90 Å². The van der Waals surface area contributed by atoms with Gasteiger partial charge in [-0.1, -0.05) is 78.4 Å². The summed E-state index contributed by atoms with van der Waals surface area (Å²) in [4.78, 5) is 4.57. The van der Waals surface area contributed by atoms with Gasteiger partial charge in [0.05, 0.1) is 15.4 Å². The second-order valence-corrected chi connectivity index (χ2v) is 9.35. The first-order chi connectivity index (χ1) is 15.0. The van der Waals surface area contributed by atoms with Crippen molar-refractivity contribution in [3.05, 3.63) is 107 Å². The molecule has 2 heterocycles. The van der Waals surface area contributed by atoms with E-state index in [9.17, 15) is 8.42 Å². The van der Waals surface area contributed by atoms with Gasteiger partial charge in [0.15, 0.2) is 5.65 Å². The van der Waals surface area contributed by atoms with Gasteiger partial charge < -0.3 is 0 Å². The molecule has 0 atom stereocenters. The molecule has 0 aliphatic rings. The van der Waals surface area contributed by atoms with Crippen molar-refractivity contribution in [1.82, 2.24) is 8.96 Å². The van der Waals surface area contributed by atoms with Crippen molar-refractivity contribution >= 4 is 55.7 Å². The molecule has 0 N–H and O–H groups in total. The van der Waals surface area contributed by atoms with Gasteiger partial charge in [-0.05, 0) is 41.5 Å². The third-order valence-electron chi connectivity index (χ3n) is 5.10. The fraction of sp³-hybridized carbons (Fsp3) is 0. The van der Waals surface area contributed by atoms with Crippen LogP contribution >= 0.6 is 11.6 Å². The Labute approximate surface area is 185 Å². The van der Waals surface area contributed by atoms with Crippen molar-refractivity contribution in [2.75, 3.05) is 0 Å². The minimum atomic E-state index is -3.84. The molecule has 31 heavy (non-hydrogen) atoms. The Morgan fingerprint density at radius 3 is 2.19 bits per heavy atom. The highest BCUT2D eigenvalue weighted by Gasteiger charge is 2.24. The number of rotatable bonds is 4. The zero-order chi connectivity index (χ0) is 21.4. The highest BCUT2D eigenvalue weighted by Crippen LogP contribution is 2.33. The standard InChI is InChI=1S/C25H17ClN2O2S/c26-20-16-23-22-15-19(12-11-18-7-3-1-4-8-18)13-14-24(22)28(25(23)27-17-20)31(29,30)21-9-5-2-6-10-21/h1-17H. The molecule has 0 fully saturated rings. The van der Waals surface area contributed by atoms with Crippen molar-refractivity contribution < 1.29 is 8.42 Å². The van der Waals surface area contributed by atoms with Crippen LogP contribution in [-0.2, 0) is 10.0 Å². The van der Waals surface area contributed by atoms with Gasteiger partial charge in [-0.3, -0.25) is 0 Å². The SMILES string of the molecule is O=S(=O)(c1ccccc1)n1c2ccc(C=Cc3ccccc3)cc2c2cc(Cl)cnc21. The quantitative estimate of drug-likeness (QED) is 0.308. The van der Waals surface area contributed by atoms with Gasteiger partial charge in [-0.25, -0.2) is 17.4 Å². The third-order valence-corrected chi connectivity index (χ3v) is 7.03. The van der Waals surface area contributed by atoms with Crippen LogP contribution < -0.4 is 0 Å². The van der Waals surface area contributed by atoms with Crippen LogP contribution in [0.15, 0.2) is 96.0 Å². The average molecular weight is 445 g/mol. The van der Waals surface area contributed by atoms with Gasteiger partial charge in [0.1, 0.15) is 0 Å². The van der Waals surface area contributed by atoms with Gasteiger partial charge in [-0.15, -0.1) is 0 Å². The topological polar surface area (TPSA) is 52.0 Å². The summed E-state index contributed by atoms with van der Waals surface area (Å²) in [5.74, 6) is 0. The summed E-state index contributed by atoms with van der Waals surface area (Å²) in [7, 11) is -3.84. The van der Waals surface area contributed by atoms with Crippen molar-refractivity contribution in [1.29, 1.82) is 0 Å².